The zero-order valence-corrected chi connectivity index (χ0v) is 13.1. The predicted molar refractivity (Wildman–Crippen MR) is 84.8 cm³/mol. The molecule has 2 aromatic rings. The monoisotopic (exact) mass is 342 g/mol. The smallest absolute Gasteiger partial charge is 0.128 e. The van der Waals surface area contributed by atoms with Crippen molar-refractivity contribution in [1.29, 1.82) is 0 Å². The standard InChI is InChI=1S/C16H10Cl3FO/c17-5-1-2-11-6-13(20)9-14(7-11)21-10-12-3-4-15(18)16(19)8-12/h3-4,6-9H,5,10H2. The van der Waals surface area contributed by atoms with Crippen LogP contribution < -0.4 is 4.74 Å². The van der Waals surface area contributed by atoms with Crippen LogP contribution in [0, 0.1) is 17.7 Å². The van der Waals surface area contributed by atoms with Gasteiger partial charge in [0.25, 0.3) is 0 Å². The highest BCUT2D eigenvalue weighted by Crippen LogP contribution is 2.24. The summed E-state index contributed by atoms with van der Waals surface area (Å²) in [5.41, 5.74) is 1.35. The van der Waals surface area contributed by atoms with E-state index in [1.54, 1.807) is 24.3 Å². The van der Waals surface area contributed by atoms with Crippen molar-refractivity contribution in [3.8, 4) is 17.6 Å². The molecule has 0 aliphatic carbocycles. The van der Waals surface area contributed by atoms with Gasteiger partial charge in [-0.25, -0.2) is 4.39 Å². The van der Waals surface area contributed by atoms with E-state index in [4.69, 9.17) is 39.5 Å². The first kappa shape index (κ1) is 16.0. The molecular weight excluding hydrogens is 334 g/mol. The van der Waals surface area contributed by atoms with Crippen molar-refractivity contribution in [3.05, 3.63) is 63.4 Å². The lowest BCUT2D eigenvalue weighted by Crippen LogP contribution is -1.96. The van der Waals surface area contributed by atoms with E-state index in [0.29, 0.717) is 21.4 Å². The minimum Gasteiger partial charge on any atom is -0.489 e. The summed E-state index contributed by atoms with van der Waals surface area (Å²) < 4.78 is 19.0. The molecule has 0 aliphatic heterocycles. The summed E-state index contributed by atoms with van der Waals surface area (Å²) in [4.78, 5) is 0. The van der Waals surface area contributed by atoms with Gasteiger partial charge in [0, 0.05) is 11.6 Å². The van der Waals surface area contributed by atoms with Gasteiger partial charge in [-0.05, 0) is 29.8 Å². The lowest BCUT2D eigenvalue weighted by Gasteiger charge is -2.08. The van der Waals surface area contributed by atoms with Gasteiger partial charge in [-0.15, -0.1) is 11.6 Å². The molecule has 0 N–H and O–H groups in total. The van der Waals surface area contributed by atoms with E-state index in [-0.39, 0.29) is 12.5 Å². The lowest BCUT2D eigenvalue weighted by atomic mass is 10.2. The topological polar surface area (TPSA) is 9.23 Å². The summed E-state index contributed by atoms with van der Waals surface area (Å²) in [5.74, 6) is 5.58. The van der Waals surface area contributed by atoms with Crippen molar-refractivity contribution in [2.45, 2.75) is 6.61 Å². The molecule has 2 rings (SSSR count). The van der Waals surface area contributed by atoms with Gasteiger partial charge in [0.1, 0.15) is 18.2 Å². The molecule has 0 heterocycles. The third kappa shape index (κ3) is 4.82. The second-order valence-corrected chi connectivity index (χ2v) is 5.23. The predicted octanol–water partition coefficient (Wildman–Crippen LogP) is 5.30. The fourth-order valence-electron chi connectivity index (χ4n) is 1.65. The zero-order chi connectivity index (χ0) is 15.2. The molecule has 0 spiro atoms. The van der Waals surface area contributed by atoms with Gasteiger partial charge in [-0.3, -0.25) is 0 Å². The lowest BCUT2D eigenvalue weighted by molar-refractivity contribution is 0.304. The summed E-state index contributed by atoms with van der Waals surface area (Å²) in [7, 11) is 0. The average molecular weight is 344 g/mol. The fourth-order valence-corrected chi connectivity index (χ4v) is 2.04. The summed E-state index contributed by atoms with van der Waals surface area (Å²) in [5, 5.41) is 0.926. The van der Waals surface area contributed by atoms with Gasteiger partial charge in [-0.1, -0.05) is 41.1 Å². The Hall–Kier alpha value is -1.40. The van der Waals surface area contributed by atoms with E-state index < -0.39 is 5.82 Å². The quantitative estimate of drug-likeness (QED) is 0.542. The Labute approximate surface area is 137 Å². The van der Waals surface area contributed by atoms with Gasteiger partial charge in [0.2, 0.25) is 0 Å². The molecule has 1 nitrogen and oxygen atoms in total. The van der Waals surface area contributed by atoms with Gasteiger partial charge in [-0.2, -0.15) is 0 Å². The molecule has 0 unspecified atom stereocenters. The molecule has 0 amide bonds. The number of alkyl halides is 1. The number of benzene rings is 2. The van der Waals surface area contributed by atoms with E-state index in [2.05, 4.69) is 11.8 Å². The molecule has 0 saturated carbocycles. The summed E-state index contributed by atoms with van der Waals surface area (Å²) in [6.45, 7) is 0.253. The Morgan fingerprint density at radius 1 is 1.05 bits per heavy atom. The van der Waals surface area contributed by atoms with Crippen LogP contribution in [0.5, 0.6) is 5.75 Å². The van der Waals surface area contributed by atoms with Crippen LogP contribution >= 0.6 is 34.8 Å². The molecule has 0 radical (unpaired) electrons. The Balaban J connectivity index is 2.12. The number of halogens is 4. The van der Waals surface area contributed by atoms with Crippen molar-refractivity contribution < 1.29 is 9.13 Å². The first-order valence-corrected chi connectivity index (χ1v) is 7.29. The molecule has 21 heavy (non-hydrogen) atoms. The molecule has 0 fully saturated rings. The Morgan fingerprint density at radius 3 is 2.57 bits per heavy atom. The maximum absolute atomic E-state index is 13.5. The number of hydrogen-bond acceptors (Lipinski definition) is 1. The fraction of sp³-hybridized carbons (Fsp3) is 0.125. The molecule has 108 valence electrons. The Morgan fingerprint density at radius 2 is 1.86 bits per heavy atom. The van der Waals surface area contributed by atoms with Crippen molar-refractivity contribution >= 4 is 34.8 Å². The first-order valence-electron chi connectivity index (χ1n) is 6.00. The highest BCUT2D eigenvalue weighted by molar-refractivity contribution is 6.42. The van der Waals surface area contributed by atoms with Crippen molar-refractivity contribution in [2.24, 2.45) is 0 Å². The summed E-state index contributed by atoms with van der Waals surface area (Å²) in [6, 6.07) is 9.46. The maximum atomic E-state index is 13.5. The van der Waals surface area contributed by atoms with Crippen LogP contribution in [-0.2, 0) is 6.61 Å². The molecule has 0 aliphatic rings. The minimum atomic E-state index is -0.416. The molecule has 0 atom stereocenters. The molecule has 2 aromatic carbocycles. The van der Waals surface area contributed by atoms with Gasteiger partial charge < -0.3 is 4.74 Å². The largest absolute Gasteiger partial charge is 0.489 e. The molecule has 0 bridgehead atoms. The third-order valence-corrected chi connectivity index (χ3v) is 3.43. The van der Waals surface area contributed by atoms with Crippen LogP contribution in [0.15, 0.2) is 36.4 Å². The molecule has 0 aromatic heterocycles. The number of rotatable bonds is 3. The maximum Gasteiger partial charge on any atom is 0.128 e. The second kappa shape index (κ2) is 7.56. The summed E-state index contributed by atoms with van der Waals surface area (Å²) in [6.07, 6.45) is 0. The number of ether oxygens (including phenoxy) is 1. The third-order valence-electron chi connectivity index (χ3n) is 2.56. The van der Waals surface area contributed by atoms with E-state index in [9.17, 15) is 4.39 Å². The summed E-state index contributed by atoms with van der Waals surface area (Å²) >= 11 is 17.2. The second-order valence-electron chi connectivity index (χ2n) is 4.15. The van der Waals surface area contributed by atoms with Crippen molar-refractivity contribution in [2.75, 3.05) is 5.88 Å². The van der Waals surface area contributed by atoms with E-state index >= 15 is 0 Å². The molecule has 5 heteroatoms. The number of hydrogen-bond donors (Lipinski definition) is 0. The average Bonchev–Trinajstić information content (AvgIpc) is 2.46. The normalized spacial score (nSPS) is 9.90. The minimum absolute atomic E-state index is 0.190. The van der Waals surface area contributed by atoms with E-state index in [1.165, 1.54) is 12.1 Å². The van der Waals surface area contributed by atoms with Crippen LogP contribution in [0.1, 0.15) is 11.1 Å². The van der Waals surface area contributed by atoms with Crippen LogP contribution in [-0.4, -0.2) is 5.88 Å². The first-order chi connectivity index (χ1) is 10.1. The molecule has 0 saturated heterocycles. The highest BCUT2D eigenvalue weighted by Gasteiger charge is 2.03. The van der Waals surface area contributed by atoms with Crippen LogP contribution in [0.2, 0.25) is 10.0 Å². The zero-order valence-electron chi connectivity index (χ0n) is 10.8. The van der Waals surface area contributed by atoms with Gasteiger partial charge in [0.15, 0.2) is 0 Å². The van der Waals surface area contributed by atoms with Crippen molar-refractivity contribution in [3.63, 3.8) is 0 Å². The van der Waals surface area contributed by atoms with E-state index in [0.717, 1.165) is 5.56 Å². The van der Waals surface area contributed by atoms with Crippen LogP contribution in [0.25, 0.3) is 0 Å². The van der Waals surface area contributed by atoms with Crippen molar-refractivity contribution in [1.82, 2.24) is 0 Å². The molecular formula is C16H10Cl3FO. The highest BCUT2D eigenvalue weighted by atomic mass is 35.5. The van der Waals surface area contributed by atoms with Gasteiger partial charge in [0.05, 0.1) is 15.9 Å². The van der Waals surface area contributed by atoms with Crippen LogP contribution in [0.3, 0.4) is 0 Å². The SMILES string of the molecule is Fc1cc(C#CCCl)cc(OCc2ccc(Cl)c(Cl)c2)c1. The van der Waals surface area contributed by atoms with Crippen LogP contribution in [0.4, 0.5) is 4.39 Å². The van der Waals surface area contributed by atoms with Gasteiger partial charge >= 0.3 is 0 Å². The Kier molecular flexibility index (Phi) is 5.76. The van der Waals surface area contributed by atoms with E-state index in [1.807, 2.05) is 0 Å². The Bertz CT molecular complexity index is 704.